The van der Waals surface area contributed by atoms with E-state index in [9.17, 15) is 5.11 Å². The summed E-state index contributed by atoms with van der Waals surface area (Å²) in [4.78, 5) is 2.48. The standard InChI is InChI=1S/C12H24N2O/c1-14(11-2-3-12(15)8-11)9-10-4-6-13-7-5-10/h10-13,15H,2-9H2,1H3. The van der Waals surface area contributed by atoms with Crippen molar-refractivity contribution >= 4 is 0 Å². The molecule has 0 aromatic rings. The molecule has 1 heterocycles. The normalized spacial score (nSPS) is 33.8. The largest absolute Gasteiger partial charge is 0.393 e. The highest BCUT2D eigenvalue weighted by Crippen LogP contribution is 2.24. The van der Waals surface area contributed by atoms with Crippen molar-refractivity contribution in [3.63, 3.8) is 0 Å². The molecule has 2 unspecified atom stereocenters. The van der Waals surface area contributed by atoms with Crippen LogP contribution in [-0.2, 0) is 0 Å². The Hall–Kier alpha value is -0.120. The van der Waals surface area contributed by atoms with Crippen LogP contribution in [0.4, 0.5) is 0 Å². The van der Waals surface area contributed by atoms with Gasteiger partial charge >= 0.3 is 0 Å². The summed E-state index contributed by atoms with van der Waals surface area (Å²) in [7, 11) is 2.23. The van der Waals surface area contributed by atoms with Gasteiger partial charge < -0.3 is 15.3 Å². The maximum Gasteiger partial charge on any atom is 0.0555 e. The maximum absolute atomic E-state index is 9.52. The van der Waals surface area contributed by atoms with E-state index in [4.69, 9.17) is 0 Å². The minimum absolute atomic E-state index is 0.0366. The van der Waals surface area contributed by atoms with Crippen LogP contribution in [0.3, 0.4) is 0 Å². The third-order valence-electron chi connectivity index (χ3n) is 4.01. The molecule has 3 heteroatoms. The first-order valence-electron chi connectivity index (χ1n) is 6.34. The van der Waals surface area contributed by atoms with Gasteiger partial charge in [-0.3, -0.25) is 0 Å². The van der Waals surface area contributed by atoms with Crippen LogP contribution in [0, 0.1) is 5.92 Å². The molecule has 88 valence electrons. The molecule has 1 aliphatic carbocycles. The van der Waals surface area contributed by atoms with Gasteiger partial charge in [0.15, 0.2) is 0 Å². The molecule has 3 nitrogen and oxygen atoms in total. The summed E-state index contributed by atoms with van der Waals surface area (Å²) in [5.41, 5.74) is 0. The van der Waals surface area contributed by atoms with Gasteiger partial charge in [-0.2, -0.15) is 0 Å². The van der Waals surface area contributed by atoms with Crippen molar-refractivity contribution < 1.29 is 5.11 Å². The summed E-state index contributed by atoms with van der Waals surface area (Å²) in [5.74, 6) is 0.869. The molecule has 2 aliphatic rings. The molecule has 15 heavy (non-hydrogen) atoms. The number of rotatable bonds is 3. The van der Waals surface area contributed by atoms with Crippen molar-refractivity contribution in [2.24, 2.45) is 5.92 Å². The zero-order valence-electron chi connectivity index (χ0n) is 9.78. The molecule has 1 saturated carbocycles. The van der Waals surface area contributed by atoms with Crippen LogP contribution in [0.1, 0.15) is 32.1 Å². The Morgan fingerprint density at radius 2 is 1.93 bits per heavy atom. The second-order valence-corrected chi connectivity index (χ2v) is 5.25. The molecule has 2 atom stereocenters. The van der Waals surface area contributed by atoms with Gasteiger partial charge in [0, 0.05) is 12.6 Å². The van der Waals surface area contributed by atoms with Crippen LogP contribution in [0.5, 0.6) is 0 Å². The van der Waals surface area contributed by atoms with Gasteiger partial charge in [0.2, 0.25) is 0 Å². The summed E-state index contributed by atoms with van der Waals surface area (Å²) < 4.78 is 0. The fourth-order valence-corrected chi connectivity index (χ4v) is 2.96. The predicted molar refractivity (Wildman–Crippen MR) is 61.9 cm³/mol. The molecular weight excluding hydrogens is 188 g/mol. The highest BCUT2D eigenvalue weighted by Gasteiger charge is 2.27. The Kier molecular flexibility index (Phi) is 4.00. The molecule has 0 bridgehead atoms. The van der Waals surface area contributed by atoms with Crippen molar-refractivity contribution in [2.75, 3.05) is 26.7 Å². The zero-order chi connectivity index (χ0) is 10.7. The molecule has 2 fully saturated rings. The SMILES string of the molecule is CN(CC1CCNCC1)C1CCC(O)C1. The molecule has 0 aromatic heterocycles. The summed E-state index contributed by atoms with van der Waals surface area (Å²) >= 11 is 0. The number of nitrogens with zero attached hydrogens (tertiary/aromatic N) is 1. The lowest BCUT2D eigenvalue weighted by molar-refractivity contribution is 0.149. The van der Waals surface area contributed by atoms with Crippen molar-refractivity contribution in [3.8, 4) is 0 Å². The first kappa shape index (κ1) is 11.4. The fraction of sp³-hybridized carbons (Fsp3) is 1.00. The summed E-state index contributed by atoms with van der Waals surface area (Å²) in [6.07, 6.45) is 5.77. The summed E-state index contributed by atoms with van der Waals surface area (Å²) in [5, 5.41) is 12.9. The monoisotopic (exact) mass is 212 g/mol. The molecule has 2 N–H and O–H groups in total. The second-order valence-electron chi connectivity index (χ2n) is 5.25. The van der Waals surface area contributed by atoms with Crippen LogP contribution in [0.2, 0.25) is 0 Å². The van der Waals surface area contributed by atoms with Crippen LogP contribution < -0.4 is 5.32 Å². The number of aliphatic hydroxyl groups excluding tert-OH is 1. The first-order chi connectivity index (χ1) is 7.25. The van der Waals surface area contributed by atoms with E-state index in [1.165, 1.54) is 38.9 Å². The van der Waals surface area contributed by atoms with Gasteiger partial charge in [-0.25, -0.2) is 0 Å². The van der Waals surface area contributed by atoms with E-state index in [1.54, 1.807) is 0 Å². The molecule has 0 amide bonds. The van der Waals surface area contributed by atoms with Gasteiger partial charge in [-0.15, -0.1) is 0 Å². The van der Waals surface area contributed by atoms with Gasteiger partial charge in [-0.1, -0.05) is 0 Å². The van der Waals surface area contributed by atoms with Gasteiger partial charge in [0.05, 0.1) is 6.10 Å². The lowest BCUT2D eigenvalue weighted by atomic mass is 9.97. The number of hydrogen-bond donors (Lipinski definition) is 2. The van der Waals surface area contributed by atoms with E-state index < -0.39 is 0 Å². The first-order valence-corrected chi connectivity index (χ1v) is 6.34. The van der Waals surface area contributed by atoms with E-state index in [1.807, 2.05) is 0 Å². The minimum Gasteiger partial charge on any atom is -0.393 e. The number of nitrogens with one attached hydrogen (secondary N) is 1. The third-order valence-corrected chi connectivity index (χ3v) is 4.01. The Morgan fingerprint density at radius 3 is 2.53 bits per heavy atom. The number of hydrogen-bond acceptors (Lipinski definition) is 3. The molecule has 0 radical (unpaired) electrons. The lowest BCUT2D eigenvalue weighted by Crippen LogP contribution is -2.38. The molecule has 2 rings (SSSR count). The highest BCUT2D eigenvalue weighted by molar-refractivity contribution is 4.82. The Labute approximate surface area is 92.8 Å². The maximum atomic E-state index is 9.52. The van der Waals surface area contributed by atoms with Crippen molar-refractivity contribution in [3.05, 3.63) is 0 Å². The average molecular weight is 212 g/mol. The van der Waals surface area contributed by atoms with Crippen molar-refractivity contribution in [1.82, 2.24) is 10.2 Å². The lowest BCUT2D eigenvalue weighted by Gasteiger charge is -2.31. The zero-order valence-corrected chi connectivity index (χ0v) is 9.78. The molecule has 1 aliphatic heterocycles. The molecule has 0 aromatic carbocycles. The topological polar surface area (TPSA) is 35.5 Å². The van der Waals surface area contributed by atoms with Crippen molar-refractivity contribution in [1.29, 1.82) is 0 Å². The second kappa shape index (κ2) is 5.28. The third kappa shape index (κ3) is 3.16. The van der Waals surface area contributed by atoms with Crippen molar-refractivity contribution in [2.45, 2.75) is 44.2 Å². The molecule has 0 spiro atoms. The fourth-order valence-electron chi connectivity index (χ4n) is 2.96. The Balaban J connectivity index is 1.73. The van der Waals surface area contributed by atoms with E-state index in [-0.39, 0.29) is 6.10 Å². The molecule has 1 saturated heterocycles. The van der Waals surface area contributed by atoms with Gasteiger partial charge in [0.1, 0.15) is 0 Å². The summed E-state index contributed by atoms with van der Waals surface area (Å²) in [6.45, 7) is 3.59. The van der Waals surface area contributed by atoms with E-state index in [0.29, 0.717) is 6.04 Å². The average Bonchev–Trinajstić information content (AvgIpc) is 2.66. The summed E-state index contributed by atoms with van der Waals surface area (Å²) in [6, 6.07) is 0.634. The number of piperidine rings is 1. The smallest absolute Gasteiger partial charge is 0.0555 e. The Morgan fingerprint density at radius 1 is 1.20 bits per heavy atom. The number of aliphatic hydroxyl groups is 1. The van der Waals surface area contributed by atoms with Gasteiger partial charge in [-0.05, 0) is 58.2 Å². The van der Waals surface area contributed by atoms with Crippen LogP contribution >= 0.6 is 0 Å². The van der Waals surface area contributed by atoms with E-state index in [0.717, 1.165) is 18.8 Å². The van der Waals surface area contributed by atoms with Gasteiger partial charge in [0.25, 0.3) is 0 Å². The van der Waals surface area contributed by atoms with E-state index >= 15 is 0 Å². The highest BCUT2D eigenvalue weighted by atomic mass is 16.3. The minimum atomic E-state index is -0.0366. The Bertz CT molecular complexity index is 192. The van der Waals surface area contributed by atoms with Crippen LogP contribution in [0.25, 0.3) is 0 Å². The molecular formula is C12H24N2O. The van der Waals surface area contributed by atoms with Crippen LogP contribution in [-0.4, -0.2) is 48.8 Å². The predicted octanol–water partition coefficient (Wildman–Crippen LogP) is 0.831. The van der Waals surface area contributed by atoms with E-state index in [2.05, 4.69) is 17.3 Å². The quantitative estimate of drug-likeness (QED) is 0.727. The van der Waals surface area contributed by atoms with Crippen LogP contribution in [0.15, 0.2) is 0 Å².